The van der Waals surface area contributed by atoms with E-state index in [0.717, 1.165) is 10.4 Å². The Bertz CT molecular complexity index is 651. The molecule has 0 saturated carbocycles. The number of tetrazole rings is 1. The van der Waals surface area contributed by atoms with Gasteiger partial charge in [-0.15, -0.1) is 10.2 Å². The van der Waals surface area contributed by atoms with Gasteiger partial charge >= 0.3 is 5.97 Å². The lowest BCUT2D eigenvalue weighted by atomic mass is 10.1. The molecule has 0 aliphatic heterocycles. The van der Waals surface area contributed by atoms with Crippen LogP contribution in [0.4, 0.5) is 0 Å². The van der Waals surface area contributed by atoms with Crippen molar-refractivity contribution in [2.24, 2.45) is 0 Å². The smallest absolute Gasteiger partial charge is 0.328 e. The van der Waals surface area contributed by atoms with E-state index in [1.165, 1.54) is 13.8 Å². The topological polar surface area (TPSA) is 110 Å². The van der Waals surface area contributed by atoms with E-state index in [-0.39, 0.29) is 6.54 Å². The van der Waals surface area contributed by atoms with Crippen LogP contribution in [0.25, 0.3) is 11.4 Å². The molecular formula is C13H15N5O3. The third-order valence-electron chi connectivity index (χ3n) is 2.76. The van der Waals surface area contributed by atoms with Crippen LogP contribution >= 0.6 is 0 Å². The number of nitrogens with zero attached hydrogens (tertiary/aromatic N) is 4. The highest BCUT2D eigenvalue weighted by Gasteiger charge is 2.29. The molecular weight excluding hydrogens is 274 g/mol. The van der Waals surface area contributed by atoms with Crippen molar-refractivity contribution in [3.63, 3.8) is 0 Å². The third kappa shape index (κ3) is 3.62. The maximum absolute atomic E-state index is 11.8. The molecule has 2 aromatic rings. The molecule has 0 fully saturated rings. The highest BCUT2D eigenvalue weighted by molar-refractivity contribution is 5.86. The van der Waals surface area contributed by atoms with Crippen LogP contribution < -0.4 is 5.32 Å². The normalized spacial score (nSPS) is 11.1. The summed E-state index contributed by atoms with van der Waals surface area (Å²) in [7, 11) is 0. The van der Waals surface area contributed by atoms with Crippen molar-refractivity contribution < 1.29 is 14.7 Å². The molecule has 0 bridgehead atoms. The molecule has 0 atom stereocenters. The van der Waals surface area contributed by atoms with E-state index in [2.05, 4.69) is 20.7 Å². The van der Waals surface area contributed by atoms with Gasteiger partial charge in [-0.25, -0.2) is 4.79 Å². The van der Waals surface area contributed by atoms with E-state index in [9.17, 15) is 9.59 Å². The number of aromatic nitrogens is 4. The van der Waals surface area contributed by atoms with Crippen molar-refractivity contribution in [1.29, 1.82) is 0 Å². The number of aliphatic carboxylic acids is 1. The zero-order chi connectivity index (χ0) is 15.5. The molecule has 1 amide bonds. The Morgan fingerprint density at radius 2 is 1.95 bits per heavy atom. The third-order valence-corrected chi connectivity index (χ3v) is 2.76. The van der Waals surface area contributed by atoms with Crippen LogP contribution in [0, 0.1) is 0 Å². The first-order valence-electron chi connectivity index (χ1n) is 6.26. The first-order valence-corrected chi connectivity index (χ1v) is 6.26. The van der Waals surface area contributed by atoms with E-state index in [0.29, 0.717) is 5.82 Å². The van der Waals surface area contributed by atoms with Crippen LogP contribution in [0.5, 0.6) is 0 Å². The van der Waals surface area contributed by atoms with Crippen molar-refractivity contribution in [3.05, 3.63) is 30.3 Å². The van der Waals surface area contributed by atoms with Crippen molar-refractivity contribution in [2.45, 2.75) is 25.9 Å². The first kappa shape index (κ1) is 14.6. The number of carbonyl (C=O) groups is 2. The SMILES string of the molecule is CC(C)(NC(=O)Cn1nnc(-c2ccccc2)n1)C(=O)O. The Morgan fingerprint density at radius 3 is 2.57 bits per heavy atom. The highest BCUT2D eigenvalue weighted by atomic mass is 16.4. The fourth-order valence-electron chi connectivity index (χ4n) is 1.58. The molecule has 0 saturated heterocycles. The van der Waals surface area contributed by atoms with Crippen LogP contribution in [0.3, 0.4) is 0 Å². The summed E-state index contributed by atoms with van der Waals surface area (Å²) < 4.78 is 0. The molecule has 0 unspecified atom stereocenters. The summed E-state index contributed by atoms with van der Waals surface area (Å²) in [5.74, 6) is -1.22. The monoisotopic (exact) mass is 289 g/mol. The Kier molecular flexibility index (Phi) is 3.97. The molecule has 0 aliphatic carbocycles. The number of benzene rings is 1. The molecule has 0 spiro atoms. The molecule has 0 radical (unpaired) electrons. The second kappa shape index (κ2) is 5.70. The largest absolute Gasteiger partial charge is 0.480 e. The number of hydrogen-bond donors (Lipinski definition) is 2. The fraction of sp³-hybridized carbons (Fsp3) is 0.308. The van der Waals surface area contributed by atoms with E-state index >= 15 is 0 Å². The molecule has 2 N–H and O–H groups in total. The number of carbonyl (C=O) groups excluding carboxylic acids is 1. The molecule has 1 aromatic heterocycles. The summed E-state index contributed by atoms with van der Waals surface area (Å²) >= 11 is 0. The van der Waals surface area contributed by atoms with Gasteiger partial charge < -0.3 is 10.4 Å². The van der Waals surface area contributed by atoms with Crippen molar-refractivity contribution >= 4 is 11.9 Å². The number of carboxylic acid groups (broad SMARTS) is 1. The van der Waals surface area contributed by atoms with Gasteiger partial charge in [-0.05, 0) is 19.1 Å². The molecule has 8 nitrogen and oxygen atoms in total. The quantitative estimate of drug-likeness (QED) is 0.820. The van der Waals surface area contributed by atoms with Crippen molar-refractivity contribution in [3.8, 4) is 11.4 Å². The fourth-order valence-corrected chi connectivity index (χ4v) is 1.58. The average molecular weight is 289 g/mol. The lowest BCUT2D eigenvalue weighted by Crippen LogP contribution is -2.50. The van der Waals surface area contributed by atoms with E-state index < -0.39 is 17.4 Å². The van der Waals surface area contributed by atoms with Gasteiger partial charge in [0, 0.05) is 5.56 Å². The molecule has 2 rings (SSSR count). The molecule has 8 heteroatoms. The van der Waals surface area contributed by atoms with Gasteiger partial charge in [0.2, 0.25) is 11.7 Å². The van der Waals surface area contributed by atoms with Gasteiger partial charge in [0.15, 0.2) is 0 Å². The highest BCUT2D eigenvalue weighted by Crippen LogP contribution is 2.11. The van der Waals surface area contributed by atoms with Gasteiger partial charge in [-0.3, -0.25) is 4.79 Å². The maximum atomic E-state index is 11.8. The van der Waals surface area contributed by atoms with Crippen LogP contribution in [-0.2, 0) is 16.1 Å². The summed E-state index contributed by atoms with van der Waals surface area (Å²) in [5.41, 5.74) is -0.560. The number of nitrogens with one attached hydrogen (secondary N) is 1. The van der Waals surface area contributed by atoms with Gasteiger partial charge in [-0.1, -0.05) is 30.3 Å². The van der Waals surface area contributed by atoms with E-state index in [4.69, 9.17) is 5.11 Å². The zero-order valence-corrected chi connectivity index (χ0v) is 11.6. The average Bonchev–Trinajstić information content (AvgIpc) is 2.87. The summed E-state index contributed by atoms with van der Waals surface area (Å²) in [6, 6.07) is 9.22. The Labute approximate surface area is 120 Å². The molecule has 1 aromatic carbocycles. The van der Waals surface area contributed by atoms with Gasteiger partial charge in [0.1, 0.15) is 12.1 Å². The summed E-state index contributed by atoms with van der Waals surface area (Å²) in [4.78, 5) is 23.8. The molecule has 0 aliphatic rings. The van der Waals surface area contributed by atoms with Crippen LogP contribution in [0.15, 0.2) is 30.3 Å². The molecule has 110 valence electrons. The maximum Gasteiger partial charge on any atom is 0.328 e. The number of hydrogen-bond acceptors (Lipinski definition) is 5. The predicted molar refractivity (Wildman–Crippen MR) is 73.1 cm³/mol. The summed E-state index contributed by atoms with van der Waals surface area (Å²) in [6.07, 6.45) is 0. The summed E-state index contributed by atoms with van der Waals surface area (Å²) in [5, 5.41) is 23.0. The standard InChI is InChI=1S/C13H15N5O3/c1-13(2,12(20)21)14-10(19)8-18-16-11(15-17-18)9-6-4-3-5-7-9/h3-7H,8H2,1-2H3,(H,14,19)(H,20,21). The summed E-state index contributed by atoms with van der Waals surface area (Å²) in [6.45, 7) is 2.60. The van der Waals surface area contributed by atoms with Crippen molar-refractivity contribution in [2.75, 3.05) is 0 Å². The van der Waals surface area contributed by atoms with Gasteiger partial charge in [-0.2, -0.15) is 4.80 Å². The second-order valence-electron chi connectivity index (χ2n) is 4.99. The second-order valence-corrected chi connectivity index (χ2v) is 4.99. The number of rotatable bonds is 5. The Morgan fingerprint density at radius 1 is 1.29 bits per heavy atom. The van der Waals surface area contributed by atoms with E-state index in [1.807, 2.05) is 30.3 Å². The lowest BCUT2D eigenvalue weighted by molar-refractivity contribution is -0.146. The van der Waals surface area contributed by atoms with Crippen molar-refractivity contribution in [1.82, 2.24) is 25.5 Å². The Hall–Kier alpha value is -2.77. The minimum Gasteiger partial charge on any atom is -0.480 e. The number of amides is 1. The van der Waals surface area contributed by atoms with Crippen LogP contribution in [-0.4, -0.2) is 42.7 Å². The van der Waals surface area contributed by atoms with E-state index in [1.54, 1.807) is 0 Å². The minimum atomic E-state index is -1.35. The first-order chi connectivity index (χ1) is 9.88. The van der Waals surface area contributed by atoms with Gasteiger partial charge in [0.05, 0.1) is 0 Å². The lowest BCUT2D eigenvalue weighted by Gasteiger charge is -2.20. The van der Waals surface area contributed by atoms with Gasteiger partial charge in [0.25, 0.3) is 0 Å². The Balaban J connectivity index is 2.03. The predicted octanol–water partition coefficient (Wildman–Crippen LogP) is 0.319. The zero-order valence-electron chi connectivity index (χ0n) is 11.6. The molecule has 21 heavy (non-hydrogen) atoms. The minimum absolute atomic E-state index is 0.198. The molecule has 1 heterocycles. The van der Waals surface area contributed by atoms with Crippen LogP contribution in [0.1, 0.15) is 13.8 Å². The van der Waals surface area contributed by atoms with Crippen LogP contribution in [0.2, 0.25) is 0 Å². The number of carboxylic acids is 1.